The number of ether oxygens (including phenoxy) is 1. The molecule has 0 bridgehead atoms. The molecule has 10 heteroatoms. The minimum Gasteiger partial charge on any atom is -0.478 e. The molecule has 2 rings (SSSR count). The van der Waals surface area contributed by atoms with E-state index in [1.807, 2.05) is 0 Å². The predicted molar refractivity (Wildman–Crippen MR) is 101 cm³/mol. The average Bonchev–Trinajstić information content (AvgIpc) is 2.61. The number of nitrogens with one attached hydrogen (secondary N) is 2. The maximum absolute atomic E-state index is 11.9. The first kappa shape index (κ1) is 19.8. The number of anilines is 1. The van der Waals surface area contributed by atoms with Crippen molar-refractivity contribution in [3.63, 3.8) is 0 Å². The second kappa shape index (κ2) is 8.72. The van der Waals surface area contributed by atoms with Gasteiger partial charge in [-0.05, 0) is 42.9 Å². The molecule has 0 saturated heterocycles. The number of aromatic carboxylic acids is 1. The Morgan fingerprint density at radius 1 is 1.22 bits per heavy atom. The van der Waals surface area contributed by atoms with E-state index >= 15 is 0 Å². The average molecular weight is 389 g/mol. The number of amides is 1. The van der Waals surface area contributed by atoms with Gasteiger partial charge in [-0.3, -0.25) is 20.2 Å². The summed E-state index contributed by atoms with van der Waals surface area (Å²) in [5.74, 6) is -1.75. The third-order valence-electron chi connectivity index (χ3n) is 3.49. The van der Waals surface area contributed by atoms with Gasteiger partial charge in [0, 0.05) is 11.8 Å². The number of benzene rings is 2. The number of hydrogen-bond acceptors (Lipinski definition) is 6. The fraction of sp³-hybridized carbons (Fsp3) is 0.118. The number of carbonyl (C=O) groups excluding carboxylic acids is 1. The summed E-state index contributed by atoms with van der Waals surface area (Å²) >= 11 is 5.02. The van der Waals surface area contributed by atoms with Crippen molar-refractivity contribution in [1.29, 1.82) is 0 Å². The number of nitro benzene ring substituents is 1. The fourth-order valence-electron chi connectivity index (χ4n) is 2.19. The SMILES string of the molecule is Cc1c(NC(=S)NC(=O)COc2ccccc2[N+](=O)[O-])cccc1C(=O)O. The lowest BCUT2D eigenvalue weighted by atomic mass is 10.1. The zero-order chi connectivity index (χ0) is 20.0. The zero-order valence-corrected chi connectivity index (χ0v) is 14.9. The van der Waals surface area contributed by atoms with Crippen molar-refractivity contribution < 1.29 is 24.4 Å². The molecule has 140 valence electrons. The van der Waals surface area contributed by atoms with Crippen LogP contribution >= 0.6 is 12.2 Å². The molecule has 2 aromatic carbocycles. The molecule has 0 unspecified atom stereocenters. The quantitative estimate of drug-likeness (QED) is 0.390. The molecule has 0 fully saturated rings. The largest absolute Gasteiger partial charge is 0.478 e. The Morgan fingerprint density at radius 2 is 1.93 bits per heavy atom. The van der Waals surface area contributed by atoms with E-state index in [0.717, 1.165) is 0 Å². The molecule has 2 aromatic rings. The Kier molecular flexibility index (Phi) is 6.39. The predicted octanol–water partition coefficient (Wildman–Crippen LogP) is 2.49. The molecule has 0 spiro atoms. The highest BCUT2D eigenvalue weighted by Crippen LogP contribution is 2.25. The van der Waals surface area contributed by atoms with Crippen LogP contribution in [0.1, 0.15) is 15.9 Å². The summed E-state index contributed by atoms with van der Waals surface area (Å²) in [4.78, 5) is 33.4. The molecular weight excluding hydrogens is 374 g/mol. The third-order valence-corrected chi connectivity index (χ3v) is 3.69. The Labute approximate surface area is 159 Å². The summed E-state index contributed by atoms with van der Waals surface area (Å²) in [6.45, 7) is 1.12. The van der Waals surface area contributed by atoms with Gasteiger partial charge in [0.25, 0.3) is 5.91 Å². The summed E-state index contributed by atoms with van der Waals surface area (Å²) < 4.78 is 5.17. The van der Waals surface area contributed by atoms with E-state index in [-0.39, 0.29) is 22.1 Å². The van der Waals surface area contributed by atoms with Crippen LogP contribution in [-0.2, 0) is 4.79 Å². The molecule has 1 amide bonds. The number of nitro groups is 1. The van der Waals surface area contributed by atoms with E-state index in [2.05, 4.69) is 10.6 Å². The molecular formula is C17H15N3O6S. The van der Waals surface area contributed by atoms with Crippen LogP contribution in [-0.4, -0.2) is 33.6 Å². The van der Waals surface area contributed by atoms with Crippen LogP contribution < -0.4 is 15.4 Å². The molecule has 0 radical (unpaired) electrons. The van der Waals surface area contributed by atoms with E-state index in [0.29, 0.717) is 11.3 Å². The van der Waals surface area contributed by atoms with Gasteiger partial charge in [0.05, 0.1) is 10.5 Å². The molecule has 0 saturated carbocycles. The van der Waals surface area contributed by atoms with Gasteiger partial charge in [-0.1, -0.05) is 18.2 Å². The van der Waals surface area contributed by atoms with Gasteiger partial charge in [0.1, 0.15) is 0 Å². The molecule has 0 heterocycles. The summed E-state index contributed by atoms with van der Waals surface area (Å²) in [7, 11) is 0. The van der Waals surface area contributed by atoms with Crippen LogP contribution in [0.4, 0.5) is 11.4 Å². The topological polar surface area (TPSA) is 131 Å². The molecule has 27 heavy (non-hydrogen) atoms. The Hall–Kier alpha value is -3.53. The lowest BCUT2D eigenvalue weighted by Gasteiger charge is -2.13. The van der Waals surface area contributed by atoms with Crippen LogP contribution in [0.5, 0.6) is 5.75 Å². The van der Waals surface area contributed by atoms with E-state index in [1.165, 1.54) is 24.3 Å². The minimum atomic E-state index is -1.08. The molecule has 0 aliphatic heterocycles. The number of hydrogen-bond donors (Lipinski definition) is 3. The fourth-order valence-corrected chi connectivity index (χ4v) is 2.42. The molecule has 9 nitrogen and oxygen atoms in total. The molecule has 3 N–H and O–H groups in total. The van der Waals surface area contributed by atoms with Crippen LogP contribution in [0.25, 0.3) is 0 Å². The Balaban J connectivity index is 1.95. The first-order valence-electron chi connectivity index (χ1n) is 7.59. The van der Waals surface area contributed by atoms with Gasteiger partial charge in [-0.25, -0.2) is 4.79 Å². The van der Waals surface area contributed by atoms with Crippen molar-refractivity contribution in [2.45, 2.75) is 6.92 Å². The summed E-state index contributed by atoms with van der Waals surface area (Å²) in [6.07, 6.45) is 0. The summed E-state index contributed by atoms with van der Waals surface area (Å²) in [5, 5.41) is 25.1. The van der Waals surface area contributed by atoms with Crippen molar-refractivity contribution in [2.24, 2.45) is 0 Å². The lowest BCUT2D eigenvalue weighted by molar-refractivity contribution is -0.385. The summed E-state index contributed by atoms with van der Waals surface area (Å²) in [6, 6.07) is 10.3. The van der Waals surface area contributed by atoms with Gasteiger partial charge in [-0.15, -0.1) is 0 Å². The molecule has 0 aliphatic carbocycles. The number of nitrogens with zero attached hydrogens (tertiary/aromatic N) is 1. The van der Waals surface area contributed by atoms with E-state index in [1.54, 1.807) is 25.1 Å². The number of carboxylic acids is 1. The van der Waals surface area contributed by atoms with E-state index in [9.17, 15) is 19.7 Å². The monoisotopic (exact) mass is 389 g/mol. The smallest absolute Gasteiger partial charge is 0.336 e. The molecule has 0 aliphatic rings. The highest BCUT2D eigenvalue weighted by molar-refractivity contribution is 7.80. The van der Waals surface area contributed by atoms with Gasteiger partial charge in [0.2, 0.25) is 0 Å². The van der Waals surface area contributed by atoms with Gasteiger partial charge >= 0.3 is 11.7 Å². The number of carbonyl (C=O) groups is 2. The van der Waals surface area contributed by atoms with Crippen LogP contribution in [0, 0.1) is 17.0 Å². The van der Waals surface area contributed by atoms with Crippen molar-refractivity contribution in [1.82, 2.24) is 5.32 Å². The summed E-state index contributed by atoms with van der Waals surface area (Å²) in [5.41, 5.74) is 0.735. The Morgan fingerprint density at radius 3 is 2.59 bits per heavy atom. The van der Waals surface area contributed by atoms with Gasteiger partial charge in [0.15, 0.2) is 17.5 Å². The second-order valence-corrected chi connectivity index (χ2v) is 5.71. The normalized spacial score (nSPS) is 9.96. The number of carboxylic acid groups (broad SMARTS) is 1. The van der Waals surface area contributed by atoms with Crippen LogP contribution in [0.3, 0.4) is 0 Å². The van der Waals surface area contributed by atoms with Crippen molar-refractivity contribution in [3.05, 3.63) is 63.7 Å². The highest BCUT2D eigenvalue weighted by Gasteiger charge is 2.16. The van der Waals surface area contributed by atoms with Crippen molar-refractivity contribution in [2.75, 3.05) is 11.9 Å². The molecule has 0 aromatic heterocycles. The second-order valence-electron chi connectivity index (χ2n) is 5.30. The van der Waals surface area contributed by atoms with Crippen LogP contribution in [0.15, 0.2) is 42.5 Å². The zero-order valence-electron chi connectivity index (χ0n) is 14.1. The molecule has 0 atom stereocenters. The number of thiocarbonyl (C=S) groups is 1. The van der Waals surface area contributed by atoms with Gasteiger partial charge < -0.3 is 15.2 Å². The number of para-hydroxylation sites is 2. The lowest BCUT2D eigenvalue weighted by Crippen LogP contribution is -2.37. The maximum atomic E-state index is 11.9. The van der Waals surface area contributed by atoms with Gasteiger partial charge in [-0.2, -0.15) is 0 Å². The van der Waals surface area contributed by atoms with Crippen molar-refractivity contribution >= 4 is 40.6 Å². The van der Waals surface area contributed by atoms with Crippen LogP contribution in [0.2, 0.25) is 0 Å². The number of rotatable bonds is 6. The minimum absolute atomic E-state index is 0.0402. The first-order chi connectivity index (χ1) is 12.8. The maximum Gasteiger partial charge on any atom is 0.336 e. The van der Waals surface area contributed by atoms with E-state index in [4.69, 9.17) is 22.1 Å². The van der Waals surface area contributed by atoms with Crippen molar-refractivity contribution in [3.8, 4) is 5.75 Å². The highest BCUT2D eigenvalue weighted by atomic mass is 32.1. The first-order valence-corrected chi connectivity index (χ1v) is 8.00. The Bertz CT molecular complexity index is 915. The standard InChI is InChI=1S/C17H15N3O6S/c1-10-11(16(22)23)5-4-6-12(10)18-17(27)19-15(21)9-26-14-8-3-2-7-13(14)20(24)25/h2-8H,9H2,1H3,(H,22,23)(H2,18,19,21,27). The third kappa shape index (κ3) is 5.22. The van der Waals surface area contributed by atoms with E-state index < -0.39 is 23.4 Å².